The standard InChI is InChI=1S/C12H22O4.Y/c1-5-8-9-15-16-11(14)12(6-2,7-3)10(4)13;/h5-9H2,1-4H3;. The van der Waals surface area contributed by atoms with Crippen molar-refractivity contribution >= 4 is 11.8 Å². The average Bonchev–Trinajstić information content (AvgIpc) is 2.26. The van der Waals surface area contributed by atoms with Crippen LogP contribution in [0.4, 0.5) is 0 Å². The molecule has 0 aliphatic carbocycles. The Labute approximate surface area is 129 Å². The van der Waals surface area contributed by atoms with E-state index in [9.17, 15) is 9.59 Å². The molecule has 0 N–H and O–H groups in total. The summed E-state index contributed by atoms with van der Waals surface area (Å²) >= 11 is 0. The smallest absolute Gasteiger partial charge is 0.299 e. The third kappa shape index (κ3) is 5.58. The van der Waals surface area contributed by atoms with E-state index in [0.29, 0.717) is 19.4 Å². The summed E-state index contributed by atoms with van der Waals surface area (Å²) in [6.07, 6.45) is 2.68. The first-order chi connectivity index (χ1) is 7.55. The molecular formula is C12H22O4Y. The summed E-state index contributed by atoms with van der Waals surface area (Å²) in [5, 5.41) is 0. The summed E-state index contributed by atoms with van der Waals surface area (Å²) in [5.41, 5.74) is -1.04. The monoisotopic (exact) mass is 319 g/mol. The van der Waals surface area contributed by atoms with Crippen molar-refractivity contribution in [1.82, 2.24) is 0 Å². The van der Waals surface area contributed by atoms with Gasteiger partial charge in [-0.15, -0.1) is 0 Å². The van der Waals surface area contributed by atoms with Gasteiger partial charge in [0.2, 0.25) is 0 Å². The normalized spacial score (nSPS) is 10.6. The predicted molar refractivity (Wildman–Crippen MR) is 60.6 cm³/mol. The molecule has 0 bridgehead atoms. The number of Topliss-reactive ketones (excluding diaryl/α,β-unsaturated/α-hetero) is 1. The second-order valence-corrected chi connectivity index (χ2v) is 3.89. The number of hydrogen-bond acceptors (Lipinski definition) is 4. The van der Waals surface area contributed by atoms with Crippen molar-refractivity contribution in [2.24, 2.45) is 5.41 Å². The maximum absolute atomic E-state index is 11.8. The molecule has 5 heteroatoms. The van der Waals surface area contributed by atoms with Crippen LogP contribution in [0.2, 0.25) is 0 Å². The first kappa shape index (κ1) is 19.5. The van der Waals surface area contributed by atoms with Crippen molar-refractivity contribution in [3.8, 4) is 0 Å². The summed E-state index contributed by atoms with van der Waals surface area (Å²) in [6.45, 7) is 7.42. The van der Waals surface area contributed by atoms with Crippen molar-refractivity contribution in [3.63, 3.8) is 0 Å². The number of unbranched alkanes of at least 4 members (excludes halogenated alkanes) is 1. The van der Waals surface area contributed by atoms with Gasteiger partial charge in [0.05, 0.1) is 6.61 Å². The topological polar surface area (TPSA) is 52.6 Å². The van der Waals surface area contributed by atoms with Crippen LogP contribution in [0.1, 0.15) is 53.4 Å². The molecule has 0 aromatic heterocycles. The van der Waals surface area contributed by atoms with E-state index in [-0.39, 0.29) is 38.5 Å². The Morgan fingerprint density at radius 1 is 1.12 bits per heavy atom. The fraction of sp³-hybridized carbons (Fsp3) is 0.833. The Hall–Kier alpha value is 0.204. The quantitative estimate of drug-likeness (QED) is 0.299. The second kappa shape index (κ2) is 10.2. The Bertz CT molecular complexity index is 237. The number of ketones is 1. The van der Waals surface area contributed by atoms with Gasteiger partial charge in [-0.2, -0.15) is 4.89 Å². The van der Waals surface area contributed by atoms with Crippen LogP contribution in [-0.2, 0) is 52.1 Å². The van der Waals surface area contributed by atoms with Crippen LogP contribution in [0, 0.1) is 5.41 Å². The molecule has 0 rings (SSSR count). The molecule has 4 nitrogen and oxygen atoms in total. The molecule has 1 radical (unpaired) electrons. The summed E-state index contributed by atoms with van der Waals surface area (Å²) in [6, 6.07) is 0. The Morgan fingerprint density at radius 2 is 1.65 bits per heavy atom. The van der Waals surface area contributed by atoms with Gasteiger partial charge in [-0.1, -0.05) is 27.2 Å². The Kier molecular flexibility index (Phi) is 11.7. The fourth-order valence-electron chi connectivity index (χ4n) is 1.56. The van der Waals surface area contributed by atoms with Crippen molar-refractivity contribution in [2.45, 2.75) is 53.4 Å². The fourth-order valence-corrected chi connectivity index (χ4v) is 1.56. The van der Waals surface area contributed by atoms with E-state index in [1.807, 2.05) is 6.92 Å². The molecule has 97 valence electrons. The van der Waals surface area contributed by atoms with Crippen LogP contribution in [-0.4, -0.2) is 18.4 Å². The van der Waals surface area contributed by atoms with Crippen LogP contribution in [0.3, 0.4) is 0 Å². The Balaban J connectivity index is 0. The van der Waals surface area contributed by atoms with Crippen LogP contribution in [0.5, 0.6) is 0 Å². The molecule has 0 aliphatic rings. The number of carbonyl (C=O) groups excluding carboxylic acids is 2. The summed E-state index contributed by atoms with van der Waals surface area (Å²) in [5.74, 6) is -0.734. The molecule has 0 aromatic carbocycles. The van der Waals surface area contributed by atoms with Crippen molar-refractivity contribution in [1.29, 1.82) is 0 Å². The SMILES string of the molecule is CCCCOOC(=O)C(CC)(CC)C(C)=O.[Y]. The van der Waals surface area contributed by atoms with E-state index < -0.39 is 11.4 Å². The first-order valence-corrected chi connectivity index (χ1v) is 5.90. The van der Waals surface area contributed by atoms with E-state index in [4.69, 9.17) is 9.78 Å². The molecule has 0 fully saturated rings. The van der Waals surface area contributed by atoms with Gasteiger partial charge < -0.3 is 0 Å². The minimum atomic E-state index is -1.04. The molecular weight excluding hydrogens is 297 g/mol. The van der Waals surface area contributed by atoms with Crippen molar-refractivity contribution < 1.29 is 52.1 Å². The zero-order valence-electron chi connectivity index (χ0n) is 11.2. The first-order valence-electron chi connectivity index (χ1n) is 5.90. The maximum Gasteiger partial charge on any atom is 0.355 e. The molecule has 17 heavy (non-hydrogen) atoms. The number of rotatable bonds is 8. The number of hydrogen-bond donors (Lipinski definition) is 0. The molecule has 0 saturated heterocycles. The minimum Gasteiger partial charge on any atom is -0.299 e. The van der Waals surface area contributed by atoms with Gasteiger partial charge >= 0.3 is 5.97 Å². The van der Waals surface area contributed by atoms with Gasteiger partial charge in [-0.25, -0.2) is 4.79 Å². The van der Waals surface area contributed by atoms with Gasteiger partial charge in [0.1, 0.15) is 11.2 Å². The van der Waals surface area contributed by atoms with E-state index in [1.54, 1.807) is 13.8 Å². The Morgan fingerprint density at radius 3 is 2.00 bits per heavy atom. The second-order valence-electron chi connectivity index (χ2n) is 3.89. The van der Waals surface area contributed by atoms with Crippen molar-refractivity contribution in [3.05, 3.63) is 0 Å². The maximum atomic E-state index is 11.8. The van der Waals surface area contributed by atoms with E-state index in [1.165, 1.54) is 6.92 Å². The molecule has 0 atom stereocenters. The van der Waals surface area contributed by atoms with E-state index in [0.717, 1.165) is 12.8 Å². The minimum absolute atomic E-state index is 0. The molecule has 0 saturated carbocycles. The van der Waals surface area contributed by atoms with Crippen LogP contribution >= 0.6 is 0 Å². The van der Waals surface area contributed by atoms with Crippen LogP contribution in [0.15, 0.2) is 0 Å². The molecule has 0 heterocycles. The summed E-state index contributed by atoms with van der Waals surface area (Å²) < 4.78 is 0. The van der Waals surface area contributed by atoms with Gasteiger partial charge in [0, 0.05) is 32.7 Å². The molecule has 0 amide bonds. The van der Waals surface area contributed by atoms with Gasteiger partial charge in [-0.05, 0) is 26.2 Å². The molecule has 0 aliphatic heterocycles. The number of carbonyl (C=O) groups is 2. The summed E-state index contributed by atoms with van der Waals surface area (Å²) in [7, 11) is 0. The summed E-state index contributed by atoms with van der Waals surface area (Å²) in [4.78, 5) is 32.8. The molecule has 0 spiro atoms. The van der Waals surface area contributed by atoms with E-state index in [2.05, 4.69) is 0 Å². The molecule has 0 aromatic rings. The molecule has 0 unspecified atom stereocenters. The van der Waals surface area contributed by atoms with Crippen LogP contribution < -0.4 is 0 Å². The zero-order chi connectivity index (χ0) is 12.6. The predicted octanol–water partition coefficient (Wildman–Crippen LogP) is 2.65. The largest absolute Gasteiger partial charge is 0.355 e. The zero-order valence-corrected chi connectivity index (χ0v) is 14.1. The third-order valence-corrected chi connectivity index (χ3v) is 2.99. The van der Waals surface area contributed by atoms with Gasteiger partial charge in [-0.3, -0.25) is 9.68 Å². The van der Waals surface area contributed by atoms with Gasteiger partial charge in [0.25, 0.3) is 0 Å². The van der Waals surface area contributed by atoms with E-state index >= 15 is 0 Å². The van der Waals surface area contributed by atoms with Crippen LogP contribution in [0.25, 0.3) is 0 Å². The van der Waals surface area contributed by atoms with Crippen molar-refractivity contribution in [2.75, 3.05) is 6.61 Å². The third-order valence-electron chi connectivity index (χ3n) is 2.99. The average molecular weight is 319 g/mol. The van der Waals surface area contributed by atoms with Gasteiger partial charge in [0.15, 0.2) is 0 Å².